The molecule has 2 heterocycles. The molecule has 4 heteroatoms. The highest BCUT2D eigenvalue weighted by Crippen LogP contribution is 2.25. The van der Waals surface area contributed by atoms with E-state index in [2.05, 4.69) is 27.9 Å². The molecule has 2 aromatic rings. The largest absolute Gasteiger partial charge is 0.329 e. The first-order valence-electron chi connectivity index (χ1n) is 7.23. The maximum atomic E-state index is 6.06. The Labute approximate surface area is 125 Å². The molecule has 1 N–H and O–H groups in total. The molecule has 0 aliphatic carbocycles. The summed E-state index contributed by atoms with van der Waals surface area (Å²) in [6, 6.07) is 9.03. The van der Waals surface area contributed by atoms with Crippen LogP contribution >= 0.6 is 11.6 Å². The monoisotopic (exact) mass is 289 g/mol. The second-order valence-corrected chi connectivity index (χ2v) is 6.06. The van der Waals surface area contributed by atoms with Gasteiger partial charge in [0.25, 0.3) is 0 Å². The van der Waals surface area contributed by atoms with Gasteiger partial charge in [-0.2, -0.15) is 0 Å². The van der Waals surface area contributed by atoms with Crippen molar-refractivity contribution in [2.75, 3.05) is 0 Å². The second kappa shape index (κ2) is 5.98. The van der Waals surface area contributed by atoms with E-state index < -0.39 is 0 Å². The molecule has 2 atom stereocenters. The SMILES string of the molecule is CC1CCCC(c2cncn2Cc2cccc(Cl)c2)N1. The molecule has 1 fully saturated rings. The Morgan fingerprint density at radius 2 is 2.30 bits per heavy atom. The number of nitrogens with zero attached hydrogens (tertiary/aromatic N) is 2. The van der Waals surface area contributed by atoms with Crippen LogP contribution in [0.15, 0.2) is 36.8 Å². The molecule has 0 amide bonds. The van der Waals surface area contributed by atoms with Gasteiger partial charge in [-0.25, -0.2) is 4.98 Å². The van der Waals surface area contributed by atoms with Crippen LogP contribution in [0.3, 0.4) is 0 Å². The summed E-state index contributed by atoms with van der Waals surface area (Å²) in [6.07, 6.45) is 7.63. The van der Waals surface area contributed by atoms with Crippen molar-refractivity contribution in [2.45, 2.75) is 44.8 Å². The average Bonchev–Trinajstić information content (AvgIpc) is 2.87. The van der Waals surface area contributed by atoms with Gasteiger partial charge in [0.1, 0.15) is 0 Å². The Kier molecular flexibility index (Phi) is 4.08. The highest BCUT2D eigenvalue weighted by molar-refractivity contribution is 6.30. The zero-order valence-corrected chi connectivity index (χ0v) is 12.5. The van der Waals surface area contributed by atoms with Crippen LogP contribution in [-0.4, -0.2) is 15.6 Å². The third-order valence-corrected chi connectivity index (χ3v) is 4.19. The number of imidazole rings is 1. The fourth-order valence-corrected chi connectivity index (χ4v) is 3.17. The van der Waals surface area contributed by atoms with Gasteiger partial charge in [0.15, 0.2) is 0 Å². The number of rotatable bonds is 3. The first-order valence-corrected chi connectivity index (χ1v) is 7.60. The summed E-state index contributed by atoms with van der Waals surface area (Å²) in [4.78, 5) is 4.33. The van der Waals surface area contributed by atoms with E-state index in [1.807, 2.05) is 30.7 Å². The smallest absolute Gasteiger partial charge is 0.0951 e. The average molecular weight is 290 g/mol. The molecule has 0 bridgehead atoms. The molecule has 0 saturated carbocycles. The number of halogens is 1. The molecule has 20 heavy (non-hydrogen) atoms. The maximum Gasteiger partial charge on any atom is 0.0951 e. The lowest BCUT2D eigenvalue weighted by Gasteiger charge is -2.29. The van der Waals surface area contributed by atoms with E-state index >= 15 is 0 Å². The van der Waals surface area contributed by atoms with Crippen molar-refractivity contribution < 1.29 is 0 Å². The van der Waals surface area contributed by atoms with Crippen LogP contribution in [0.1, 0.15) is 43.5 Å². The quantitative estimate of drug-likeness (QED) is 0.932. The standard InChI is InChI=1S/C16H20ClN3/c1-12-4-2-7-15(19-12)16-9-18-11-20(16)10-13-5-3-6-14(17)8-13/h3,5-6,8-9,11-12,15,19H,2,4,7,10H2,1H3. The van der Waals surface area contributed by atoms with Gasteiger partial charge in [-0.05, 0) is 43.9 Å². The van der Waals surface area contributed by atoms with E-state index in [4.69, 9.17) is 11.6 Å². The number of benzene rings is 1. The van der Waals surface area contributed by atoms with Crippen molar-refractivity contribution in [3.05, 3.63) is 53.1 Å². The Morgan fingerprint density at radius 3 is 3.10 bits per heavy atom. The Hall–Kier alpha value is -1.32. The lowest BCUT2D eigenvalue weighted by atomic mass is 9.97. The van der Waals surface area contributed by atoms with E-state index in [-0.39, 0.29) is 0 Å². The summed E-state index contributed by atoms with van der Waals surface area (Å²) >= 11 is 6.06. The topological polar surface area (TPSA) is 29.9 Å². The molecule has 1 saturated heterocycles. The molecule has 1 aliphatic heterocycles. The van der Waals surface area contributed by atoms with E-state index in [9.17, 15) is 0 Å². The fraction of sp³-hybridized carbons (Fsp3) is 0.438. The number of aromatic nitrogens is 2. The van der Waals surface area contributed by atoms with E-state index in [0.29, 0.717) is 12.1 Å². The van der Waals surface area contributed by atoms with Crippen molar-refractivity contribution in [2.24, 2.45) is 0 Å². The molecule has 1 aliphatic rings. The van der Waals surface area contributed by atoms with Crippen LogP contribution in [0.4, 0.5) is 0 Å². The van der Waals surface area contributed by atoms with Gasteiger partial charge in [0, 0.05) is 29.8 Å². The van der Waals surface area contributed by atoms with Crippen molar-refractivity contribution >= 4 is 11.6 Å². The summed E-state index contributed by atoms with van der Waals surface area (Å²) in [7, 11) is 0. The van der Waals surface area contributed by atoms with Crippen LogP contribution in [0.2, 0.25) is 5.02 Å². The number of hydrogen-bond donors (Lipinski definition) is 1. The molecule has 0 spiro atoms. The third kappa shape index (κ3) is 3.05. The zero-order valence-electron chi connectivity index (χ0n) is 11.7. The van der Waals surface area contributed by atoms with Crippen LogP contribution in [-0.2, 0) is 6.54 Å². The second-order valence-electron chi connectivity index (χ2n) is 5.63. The van der Waals surface area contributed by atoms with Crippen LogP contribution in [0.25, 0.3) is 0 Å². The third-order valence-electron chi connectivity index (χ3n) is 3.96. The van der Waals surface area contributed by atoms with Crippen LogP contribution in [0, 0.1) is 0 Å². The number of nitrogens with one attached hydrogen (secondary N) is 1. The van der Waals surface area contributed by atoms with Gasteiger partial charge in [0.2, 0.25) is 0 Å². The molecule has 0 radical (unpaired) electrons. The minimum Gasteiger partial charge on any atom is -0.329 e. The predicted molar refractivity (Wildman–Crippen MR) is 82.0 cm³/mol. The molecule has 106 valence electrons. The fourth-order valence-electron chi connectivity index (χ4n) is 2.96. The predicted octanol–water partition coefficient (Wildman–Crippen LogP) is 3.79. The molecule has 3 nitrogen and oxygen atoms in total. The highest BCUT2D eigenvalue weighted by atomic mass is 35.5. The normalized spacial score (nSPS) is 22.9. The van der Waals surface area contributed by atoms with Gasteiger partial charge < -0.3 is 9.88 Å². The lowest BCUT2D eigenvalue weighted by Crippen LogP contribution is -2.35. The van der Waals surface area contributed by atoms with E-state index in [0.717, 1.165) is 11.6 Å². The van der Waals surface area contributed by atoms with Gasteiger partial charge >= 0.3 is 0 Å². The summed E-state index contributed by atoms with van der Waals surface area (Å²) in [5.41, 5.74) is 2.48. The van der Waals surface area contributed by atoms with Crippen molar-refractivity contribution in [1.29, 1.82) is 0 Å². The summed E-state index contributed by atoms with van der Waals surface area (Å²) in [5.74, 6) is 0. The first kappa shape index (κ1) is 13.7. The molecule has 1 aromatic heterocycles. The molecular formula is C16H20ClN3. The highest BCUT2D eigenvalue weighted by Gasteiger charge is 2.22. The minimum absolute atomic E-state index is 0.417. The van der Waals surface area contributed by atoms with Crippen LogP contribution < -0.4 is 5.32 Å². The zero-order chi connectivity index (χ0) is 13.9. The molecule has 1 aromatic carbocycles. The first-order chi connectivity index (χ1) is 9.72. The molecule has 3 rings (SSSR count). The van der Waals surface area contributed by atoms with Gasteiger partial charge in [-0.3, -0.25) is 0 Å². The Morgan fingerprint density at radius 1 is 1.40 bits per heavy atom. The van der Waals surface area contributed by atoms with Gasteiger partial charge in [-0.15, -0.1) is 0 Å². The Bertz CT molecular complexity index is 579. The van der Waals surface area contributed by atoms with Crippen molar-refractivity contribution in [3.63, 3.8) is 0 Å². The summed E-state index contributed by atoms with van der Waals surface area (Å²) in [6.45, 7) is 3.08. The van der Waals surface area contributed by atoms with Gasteiger partial charge in [0.05, 0.1) is 12.0 Å². The van der Waals surface area contributed by atoms with Crippen molar-refractivity contribution in [1.82, 2.24) is 14.9 Å². The molecule has 2 unspecified atom stereocenters. The molecular weight excluding hydrogens is 270 g/mol. The van der Waals surface area contributed by atoms with E-state index in [1.54, 1.807) is 0 Å². The van der Waals surface area contributed by atoms with E-state index in [1.165, 1.54) is 30.5 Å². The summed E-state index contributed by atoms with van der Waals surface area (Å²) in [5, 5.41) is 4.46. The number of hydrogen-bond acceptors (Lipinski definition) is 2. The minimum atomic E-state index is 0.417. The maximum absolute atomic E-state index is 6.06. The van der Waals surface area contributed by atoms with Gasteiger partial charge in [-0.1, -0.05) is 23.7 Å². The number of piperidine rings is 1. The van der Waals surface area contributed by atoms with Crippen molar-refractivity contribution in [3.8, 4) is 0 Å². The Balaban J connectivity index is 1.79. The summed E-state index contributed by atoms with van der Waals surface area (Å²) < 4.78 is 2.22. The van der Waals surface area contributed by atoms with Crippen LogP contribution in [0.5, 0.6) is 0 Å². The lowest BCUT2D eigenvalue weighted by molar-refractivity contribution is 0.330.